The van der Waals surface area contributed by atoms with Gasteiger partial charge in [-0.25, -0.2) is 0 Å². The van der Waals surface area contributed by atoms with Crippen LogP contribution in [0, 0.1) is 6.07 Å². The summed E-state index contributed by atoms with van der Waals surface area (Å²) in [5.74, 6) is 0. The number of halogens is 2. The van der Waals surface area contributed by atoms with Crippen molar-refractivity contribution in [1.82, 2.24) is 0 Å². The second-order valence-electron chi connectivity index (χ2n) is 1.65. The van der Waals surface area contributed by atoms with Crippen molar-refractivity contribution in [3.8, 4) is 0 Å². The Kier molecular flexibility index (Phi) is 43.3. The van der Waals surface area contributed by atoms with Crippen LogP contribution in [0.2, 0.25) is 13.1 Å². The van der Waals surface area contributed by atoms with Crippen molar-refractivity contribution in [3.63, 3.8) is 0 Å². The second kappa shape index (κ2) is 22.6. The van der Waals surface area contributed by atoms with Crippen molar-refractivity contribution in [2.24, 2.45) is 0 Å². The molecule has 0 amide bonds. The Morgan fingerprint density at radius 2 is 1.25 bits per heavy atom. The van der Waals surface area contributed by atoms with E-state index in [-0.39, 0.29) is 46.5 Å². The van der Waals surface area contributed by atoms with Gasteiger partial charge in [-0.15, -0.1) is 24.8 Å². The van der Waals surface area contributed by atoms with E-state index in [1.807, 2.05) is 30.3 Å². The van der Waals surface area contributed by atoms with Crippen LogP contribution in [0.15, 0.2) is 30.3 Å². The molecule has 1 rings (SSSR count). The van der Waals surface area contributed by atoms with Crippen molar-refractivity contribution in [1.29, 1.82) is 0 Å². The van der Waals surface area contributed by atoms with E-state index in [9.17, 15) is 0 Å². The zero-order chi connectivity index (χ0) is 6.95. The number of hydrogen-bond donors (Lipinski definition) is 0. The molecule has 0 fully saturated rings. The fourth-order valence-electron chi connectivity index (χ4n) is 0.342. The van der Waals surface area contributed by atoms with Gasteiger partial charge >= 0.3 is 0 Å². The average Bonchev–Trinajstić information content (AvgIpc) is 1.93. The van der Waals surface area contributed by atoms with Gasteiger partial charge in [0, 0.05) is 31.2 Å². The maximum absolute atomic E-state index is 2.89. The largest absolute Gasteiger partial charge is 0.184 e. The Morgan fingerprint density at radius 1 is 0.917 bits per heavy atom. The molecule has 1 aromatic rings. The summed E-state index contributed by atoms with van der Waals surface area (Å²) in [5, 5.41) is 0. The molecule has 0 aliphatic rings. The van der Waals surface area contributed by atoms with Gasteiger partial charge in [0.1, 0.15) is 0 Å². The maximum Gasteiger partial charge on any atom is 0.0213 e. The van der Waals surface area contributed by atoms with E-state index >= 15 is 0 Å². The molecule has 0 aliphatic heterocycles. The van der Waals surface area contributed by atoms with Crippen LogP contribution in [0.5, 0.6) is 0 Å². The van der Waals surface area contributed by atoms with E-state index < -0.39 is 0 Å². The topological polar surface area (TPSA) is 0 Å². The number of benzene rings is 1. The van der Waals surface area contributed by atoms with Crippen LogP contribution in [0.4, 0.5) is 0 Å². The molecule has 0 atom stereocenters. The van der Waals surface area contributed by atoms with Crippen LogP contribution >= 0.6 is 24.8 Å². The third-order valence-corrected chi connectivity index (χ3v) is 0.607. The maximum atomic E-state index is 2.89. The first-order chi connectivity index (χ1) is 4.41. The molecule has 0 saturated carbocycles. The molecular formula is C8H14Cl2SiTi-. The minimum Gasteiger partial charge on any atom is -0.184 e. The summed E-state index contributed by atoms with van der Waals surface area (Å²) < 4.78 is 0. The summed E-state index contributed by atoms with van der Waals surface area (Å²) in [7, 11) is 0.750. The Hall–Kier alpha value is 0.731. The SMILES string of the molecule is C[SiH]C.Cl.Cl.[Ti].[c-]1ccccc1. The first kappa shape index (κ1) is 23.0. The third-order valence-electron chi connectivity index (χ3n) is 0.607. The van der Waals surface area contributed by atoms with Crippen LogP contribution < -0.4 is 0 Å². The summed E-state index contributed by atoms with van der Waals surface area (Å²) >= 11 is 0. The summed E-state index contributed by atoms with van der Waals surface area (Å²) in [6.45, 7) is 4.42. The van der Waals surface area contributed by atoms with Crippen LogP contribution in [-0.4, -0.2) is 9.52 Å². The minimum atomic E-state index is 0. The van der Waals surface area contributed by atoms with Crippen molar-refractivity contribution in [2.75, 3.05) is 0 Å². The number of rotatable bonds is 0. The zero-order valence-electron chi connectivity index (χ0n) is 7.28. The van der Waals surface area contributed by atoms with Gasteiger partial charge in [0.25, 0.3) is 0 Å². The molecule has 0 aliphatic carbocycles. The molecule has 0 N–H and O–H groups in total. The molecule has 0 bridgehead atoms. The predicted octanol–water partition coefficient (Wildman–Crippen LogP) is 2.85. The number of hydrogen-bond acceptors (Lipinski definition) is 0. The summed E-state index contributed by atoms with van der Waals surface area (Å²) in [5.41, 5.74) is 0. The van der Waals surface area contributed by atoms with Crippen LogP contribution in [0.3, 0.4) is 0 Å². The second-order valence-corrected chi connectivity index (χ2v) is 2.81. The van der Waals surface area contributed by atoms with Crippen LogP contribution in [-0.2, 0) is 21.7 Å². The Balaban J connectivity index is -0.0000000489. The fourth-order valence-corrected chi connectivity index (χ4v) is 0.342. The smallest absolute Gasteiger partial charge is 0.0213 e. The molecule has 0 heterocycles. The summed E-state index contributed by atoms with van der Waals surface area (Å²) in [6, 6.07) is 12.5. The van der Waals surface area contributed by atoms with Crippen molar-refractivity contribution >= 4 is 34.3 Å². The van der Waals surface area contributed by atoms with Gasteiger partial charge in [-0.05, 0) is 0 Å². The van der Waals surface area contributed by atoms with Gasteiger partial charge in [-0.1, -0.05) is 13.1 Å². The van der Waals surface area contributed by atoms with Crippen LogP contribution in [0.1, 0.15) is 0 Å². The third kappa shape index (κ3) is 22.4. The minimum absolute atomic E-state index is 0. The van der Waals surface area contributed by atoms with Gasteiger partial charge in [0.15, 0.2) is 0 Å². The molecule has 12 heavy (non-hydrogen) atoms. The van der Waals surface area contributed by atoms with Gasteiger partial charge in [0.2, 0.25) is 0 Å². The van der Waals surface area contributed by atoms with E-state index in [1.165, 1.54) is 0 Å². The summed E-state index contributed by atoms with van der Waals surface area (Å²) in [4.78, 5) is 0. The molecule has 0 nitrogen and oxygen atoms in total. The van der Waals surface area contributed by atoms with E-state index in [0.29, 0.717) is 0 Å². The molecule has 0 unspecified atom stereocenters. The Morgan fingerprint density at radius 3 is 1.33 bits per heavy atom. The van der Waals surface area contributed by atoms with Crippen LogP contribution in [0.25, 0.3) is 0 Å². The van der Waals surface area contributed by atoms with Crippen molar-refractivity contribution in [3.05, 3.63) is 36.4 Å². The predicted molar refractivity (Wildman–Crippen MR) is 58.7 cm³/mol. The van der Waals surface area contributed by atoms with Gasteiger partial charge in [-0.2, -0.15) is 36.4 Å². The summed E-state index contributed by atoms with van der Waals surface area (Å²) in [6.07, 6.45) is 0. The average molecular weight is 257 g/mol. The normalized spacial score (nSPS) is 5.50. The van der Waals surface area contributed by atoms with Gasteiger partial charge < -0.3 is 0 Å². The molecular weight excluding hydrogens is 243 g/mol. The van der Waals surface area contributed by atoms with Gasteiger partial charge in [-0.3, -0.25) is 0 Å². The molecule has 1 radical (unpaired) electrons. The molecule has 0 spiro atoms. The Labute approximate surface area is 105 Å². The first-order valence-electron chi connectivity index (χ1n) is 3.07. The van der Waals surface area contributed by atoms with Crippen molar-refractivity contribution in [2.45, 2.75) is 13.1 Å². The fraction of sp³-hybridized carbons (Fsp3) is 0.250. The van der Waals surface area contributed by atoms with E-state index in [0.717, 1.165) is 9.52 Å². The van der Waals surface area contributed by atoms with E-state index in [1.54, 1.807) is 0 Å². The quantitative estimate of drug-likeness (QED) is 0.495. The monoisotopic (exact) mass is 256 g/mol. The van der Waals surface area contributed by atoms with E-state index in [2.05, 4.69) is 19.2 Å². The van der Waals surface area contributed by atoms with Gasteiger partial charge in [0.05, 0.1) is 0 Å². The standard InChI is InChI=1S/C6H5.C2H7Si.2ClH.Ti/c1-2-4-6-5-3-1;1-3-2;;;/h1-5H;3H,1-2H3;2*1H;/q-1;;;;. The van der Waals surface area contributed by atoms with Crippen molar-refractivity contribution < 1.29 is 21.7 Å². The molecule has 69 valence electrons. The molecule has 0 saturated heterocycles. The zero-order valence-corrected chi connectivity index (χ0v) is 11.6. The molecule has 0 aromatic heterocycles. The molecule has 1 aromatic carbocycles. The van der Waals surface area contributed by atoms with E-state index in [4.69, 9.17) is 0 Å². The molecule has 4 heteroatoms. The first-order valence-corrected chi connectivity index (χ1v) is 5.37. The Bertz CT molecular complexity index is 99.9.